The third-order valence-corrected chi connectivity index (χ3v) is 7.74. The first-order chi connectivity index (χ1) is 16.0. The fourth-order valence-electron chi connectivity index (χ4n) is 5.65. The molecule has 172 valence electrons. The van der Waals surface area contributed by atoms with E-state index in [1.54, 1.807) is 17.1 Å². The standard InChI is InChI=1S/C24H29N7O2/c1-13-15(3-6-22(26-13)30-10-18-19(11-30)20(18)12-32)8-31-9-16(7-25-31)24(33)27-21-5-4-17-14(2)28-29-23(17)21/h3,6-7,9,18-21,32H,4-5,8,10-12H2,1-2H3,(H,27,33)(H,28,29)/t18?,19?,20?,21-/m1/s1. The number of fused-ring (bicyclic) bond motifs is 2. The second kappa shape index (κ2) is 7.69. The zero-order valence-corrected chi connectivity index (χ0v) is 19.0. The van der Waals surface area contributed by atoms with Crippen molar-refractivity contribution >= 4 is 11.7 Å². The SMILES string of the molecule is Cc1nc(N2CC3C(CO)C3C2)ccc1Cn1cc(C(=O)N[C@@H]2CCc3c2n[nH]c3C)cn1. The molecule has 0 radical (unpaired) electrons. The van der Waals surface area contributed by atoms with Crippen molar-refractivity contribution in [3.05, 3.63) is 58.3 Å². The summed E-state index contributed by atoms with van der Waals surface area (Å²) < 4.78 is 1.79. The number of aryl methyl sites for hydroxylation is 2. The van der Waals surface area contributed by atoms with E-state index in [-0.39, 0.29) is 11.9 Å². The van der Waals surface area contributed by atoms with Crippen LogP contribution in [-0.4, -0.2) is 55.7 Å². The number of aromatic amines is 1. The number of aliphatic hydroxyl groups is 1. The Bertz CT molecular complexity index is 1200. The number of hydrogen-bond donors (Lipinski definition) is 3. The van der Waals surface area contributed by atoms with Crippen LogP contribution >= 0.6 is 0 Å². The molecule has 2 aliphatic carbocycles. The maximum atomic E-state index is 12.8. The Labute approximate surface area is 192 Å². The lowest BCUT2D eigenvalue weighted by Crippen LogP contribution is -2.27. The summed E-state index contributed by atoms with van der Waals surface area (Å²) in [5.41, 5.74) is 5.87. The molecule has 9 heteroatoms. The van der Waals surface area contributed by atoms with Gasteiger partial charge < -0.3 is 15.3 Å². The second-order valence-electron chi connectivity index (χ2n) is 9.70. The highest BCUT2D eigenvalue weighted by Crippen LogP contribution is 2.51. The lowest BCUT2D eigenvalue weighted by atomic mass is 10.2. The van der Waals surface area contributed by atoms with Crippen molar-refractivity contribution in [1.82, 2.24) is 30.3 Å². The second-order valence-corrected chi connectivity index (χ2v) is 9.70. The Morgan fingerprint density at radius 2 is 2.09 bits per heavy atom. The van der Waals surface area contributed by atoms with Crippen LogP contribution < -0.4 is 10.2 Å². The van der Waals surface area contributed by atoms with Crippen LogP contribution in [0.2, 0.25) is 0 Å². The minimum absolute atomic E-state index is 0.0518. The van der Waals surface area contributed by atoms with Gasteiger partial charge >= 0.3 is 0 Å². The van der Waals surface area contributed by atoms with Crippen molar-refractivity contribution in [2.45, 2.75) is 39.3 Å². The lowest BCUT2D eigenvalue weighted by molar-refractivity contribution is 0.0935. The first-order valence-electron chi connectivity index (χ1n) is 11.7. The molecule has 1 amide bonds. The van der Waals surface area contributed by atoms with E-state index < -0.39 is 0 Å². The van der Waals surface area contributed by atoms with E-state index in [4.69, 9.17) is 4.98 Å². The number of nitrogens with zero attached hydrogens (tertiary/aromatic N) is 5. The van der Waals surface area contributed by atoms with Gasteiger partial charge in [0.15, 0.2) is 0 Å². The number of amides is 1. The first kappa shape index (κ1) is 20.4. The highest BCUT2D eigenvalue weighted by atomic mass is 16.3. The van der Waals surface area contributed by atoms with Crippen LogP contribution in [0.5, 0.6) is 0 Å². The lowest BCUT2D eigenvalue weighted by Gasteiger charge is -2.21. The van der Waals surface area contributed by atoms with Gasteiger partial charge in [-0.2, -0.15) is 10.2 Å². The van der Waals surface area contributed by atoms with Crippen molar-refractivity contribution in [2.24, 2.45) is 17.8 Å². The molecule has 1 saturated carbocycles. The molecule has 3 aromatic heterocycles. The van der Waals surface area contributed by atoms with Gasteiger partial charge in [-0.3, -0.25) is 14.6 Å². The molecule has 3 N–H and O–H groups in total. The Balaban J connectivity index is 1.09. The Kier molecular flexibility index (Phi) is 4.76. The number of pyridine rings is 1. The third kappa shape index (κ3) is 3.51. The van der Waals surface area contributed by atoms with Crippen LogP contribution in [0.3, 0.4) is 0 Å². The van der Waals surface area contributed by atoms with Gasteiger partial charge in [0.05, 0.1) is 30.0 Å². The maximum absolute atomic E-state index is 12.8. The maximum Gasteiger partial charge on any atom is 0.255 e. The largest absolute Gasteiger partial charge is 0.396 e. The number of carbonyl (C=O) groups is 1. The van der Waals surface area contributed by atoms with Gasteiger partial charge in [-0.25, -0.2) is 4.98 Å². The molecule has 0 spiro atoms. The number of carbonyl (C=O) groups excluding carboxylic acids is 1. The third-order valence-electron chi connectivity index (χ3n) is 7.74. The molecule has 6 rings (SSSR count). The molecule has 3 atom stereocenters. The molecule has 2 unspecified atom stereocenters. The summed E-state index contributed by atoms with van der Waals surface area (Å²) in [6.07, 6.45) is 5.22. The predicted molar refractivity (Wildman–Crippen MR) is 122 cm³/mol. The van der Waals surface area contributed by atoms with E-state index in [0.717, 1.165) is 54.4 Å². The van der Waals surface area contributed by atoms with Crippen LogP contribution in [0, 0.1) is 31.6 Å². The zero-order valence-electron chi connectivity index (χ0n) is 19.0. The monoisotopic (exact) mass is 447 g/mol. The molecule has 9 nitrogen and oxygen atoms in total. The summed E-state index contributed by atoms with van der Waals surface area (Å²) in [5.74, 6) is 2.62. The molecule has 1 aliphatic heterocycles. The van der Waals surface area contributed by atoms with Crippen molar-refractivity contribution in [3.63, 3.8) is 0 Å². The minimum atomic E-state index is -0.126. The number of H-pyrrole nitrogens is 1. The summed E-state index contributed by atoms with van der Waals surface area (Å²) >= 11 is 0. The van der Waals surface area contributed by atoms with Gasteiger partial charge in [0, 0.05) is 37.3 Å². The number of nitrogens with one attached hydrogen (secondary N) is 2. The Hall–Kier alpha value is -3.20. The van der Waals surface area contributed by atoms with E-state index >= 15 is 0 Å². The number of piperidine rings is 1. The summed E-state index contributed by atoms with van der Waals surface area (Å²) in [6.45, 7) is 6.88. The van der Waals surface area contributed by atoms with Crippen LogP contribution in [-0.2, 0) is 13.0 Å². The van der Waals surface area contributed by atoms with Gasteiger partial charge in [-0.1, -0.05) is 6.07 Å². The zero-order chi connectivity index (χ0) is 22.7. The highest BCUT2D eigenvalue weighted by Gasteiger charge is 2.55. The van der Waals surface area contributed by atoms with Crippen LogP contribution in [0.4, 0.5) is 5.82 Å². The van der Waals surface area contributed by atoms with E-state index in [0.29, 0.717) is 36.5 Å². The average molecular weight is 448 g/mol. The molecule has 33 heavy (non-hydrogen) atoms. The van der Waals surface area contributed by atoms with E-state index in [1.807, 2.05) is 13.8 Å². The molecular formula is C24H29N7O2. The minimum Gasteiger partial charge on any atom is -0.396 e. The molecule has 0 bridgehead atoms. The molecule has 1 saturated heterocycles. The molecular weight excluding hydrogens is 418 g/mol. The topological polar surface area (TPSA) is 112 Å². The van der Waals surface area contributed by atoms with Crippen molar-refractivity contribution in [2.75, 3.05) is 24.6 Å². The van der Waals surface area contributed by atoms with E-state index in [9.17, 15) is 9.90 Å². The average Bonchev–Trinajstić information content (AvgIpc) is 3.36. The number of hydrogen-bond acceptors (Lipinski definition) is 6. The van der Waals surface area contributed by atoms with Crippen LogP contribution in [0.1, 0.15) is 51.0 Å². The fraction of sp³-hybridized carbons (Fsp3) is 0.500. The van der Waals surface area contributed by atoms with Gasteiger partial charge in [-0.05, 0) is 61.6 Å². The molecule has 3 aromatic rings. The summed E-state index contributed by atoms with van der Waals surface area (Å²) in [4.78, 5) is 19.9. The smallest absolute Gasteiger partial charge is 0.255 e. The first-order valence-corrected chi connectivity index (χ1v) is 11.7. The van der Waals surface area contributed by atoms with Gasteiger partial charge in [0.25, 0.3) is 5.91 Å². The quantitative estimate of drug-likeness (QED) is 0.531. The van der Waals surface area contributed by atoms with Crippen LogP contribution in [0.15, 0.2) is 24.5 Å². The van der Waals surface area contributed by atoms with Crippen LogP contribution in [0.25, 0.3) is 0 Å². The van der Waals surface area contributed by atoms with Crippen molar-refractivity contribution in [1.29, 1.82) is 0 Å². The predicted octanol–water partition coefficient (Wildman–Crippen LogP) is 1.76. The number of aliphatic hydroxyl groups excluding tert-OH is 1. The normalized spacial score (nSPS) is 25.2. The highest BCUT2D eigenvalue weighted by molar-refractivity contribution is 5.94. The van der Waals surface area contributed by atoms with Crippen molar-refractivity contribution < 1.29 is 9.90 Å². The number of anilines is 1. The fourth-order valence-corrected chi connectivity index (χ4v) is 5.65. The van der Waals surface area contributed by atoms with Crippen molar-refractivity contribution in [3.8, 4) is 0 Å². The molecule has 0 aromatic carbocycles. The Morgan fingerprint density at radius 3 is 2.85 bits per heavy atom. The van der Waals surface area contributed by atoms with Gasteiger partial charge in [-0.15, -0.1) is 0 Å². The number of rotatable bonds is 6. The van der Waals surface area contributed by atoms with E-state index in [2.05, 4.69) is 37.6 Å². The van der Waals surface area contributed by atoms with Gasteiger partial charge in [0.1, 0.15) is 5.82 Å². The summed E-state index contributed by atoms with van der Waals surface area (Å²) in [5, 5.41) is 24.2. The number of aromatic nitrogens is 5. The van der Waals surface area contributed by atoms with E-state index in [1.165, 1.54) is 5.56 Å². The Morgan fingerprint density at radius 1 is 1.27 bits per heavy atom. The van der Waals surface area contributed by atoms with Gasteiger partial charge in [0.2, 0.25) is 0 Å². The molecule has 3 aliphatic rings. The molecule has 4 heterocycles. The summed E-state index contributed by atoms with van der Waals surface area (Å²) in [6, 6.07) is 4.12. The molecule has 2 fully saturated rings. The summed E-state index contributed by atoms with van der Waals surface area (Å²) in [7, 11) is 0.